The van der Waals surface area contributed by atoms with Crippen molar-refractivity contribution in [2.45, 2.75) is 52.1 Å². The van der Waals surface area contributed by atoms with E-state index in [0.717, 1.165) is 12.8 Å². The summed E-state index contributed by atoms with van der Waals surface area (Å²) in [7, 11) is 2.90. The van der Waals surface area contributed by atoms with Gasteiger partial charge in [-0.05, 0) is 55.7 Å². The minimum Gasteiger partial charge on any atom is -0.492 e. The molecule has 0 spiro atoms. The second-order valence-electron chi connectivity index (χ2n) is 7.74. The molecule has 0 atom stereocenters. The maximum absolute atomic E-state index is 12.9. The molecule has 1 aliphatic rings. The van der Waals surface area contributed by atoms with Crippen LogP contribution in [0.25, 0.3) is 0 Å². The molecule has 0 radical (unpaired) electrons. The molecule has 0 saturated heterocycles. The van der Waals surface area contributed by atoms with Gasteiger partial charge in [-0.1, -0.05) is 20.8 Å². The van der Waals surface area contributed by atoms with Crippen LogP contribution in [-0.4, -0.2) is 38.3 Å². The summed E-state index contributed by atoms with van der Waals surface area (Å²) in [6.07, 6.45) is 3.29. The first-order valence-electron chi connectivity index (χ1n) is 9.53. The summed E-state index contributed by atoms with van der Waals surface area (Å²) in [5.41, 5.74) is -0.00267. The number of carbonyl (C=O) groups is 2. The van der Waals surface area contributed by atoms with Crippen molar-refractivity contribution in [2.24, 2.45) is 11.8 Å². The molecule has 1 amide bonds. The molecule has 6 heteroatoms. The minimum absolute atomic E-state index is 0.177. The van der Waals surface area contributed by atoms with Gasteiger partial charge in [-0.3, -0.25) is 4.79 Å². The zero-order valence-corrected chi connectivity index (χ0v) is 17.0. The van der Waals surface area contributed by atoms with Crippen molar-refractivity contribution in [1.29, 1.82) is 0 Å². The summed E-state index contributed by atoms with van der Waals surface area (Å²) < 4.78 is 16.2. The fraction of sp³-hybridized carbons (Fsp3) is 0.619. The van der Waals surface area contributed by atoms with E-state index >= 15 is 0 Å². The molecule has 1 aromatic carbocycles. The molecule has 0 unspecified atom stereocenters. The highest BCUT2D eigenvalue weighted by molar-refractivity contribution is 5.99. The highest BCUT2D eigenvalue weighted by atomic mass is 16.5. The molecule has 27 heavy (non-hydrogen) atoms. The lowest BCUT2D eigenvalue weighted by atomic mass is 9.79. The molecular formula is C21H31NO5. The van der Waals surface area contributed by atoms with Gasteiger partial charge in [0.05, 0.1) is 13.7 Å². The first kappa shape index (κ1) is 21.2. The van der Waals surface area contributed by atoms with Crippen molar-refractivity contribution < 1.29 is 23.8 Å². The Morgan fingerprint density at radius 3 is 2.44 bits per heavy atom. The highest BCUT2D eigenvalue weighted by Gasteiger charge is 2.41. The molecular weight excluding hydrogens is 346 g/mol. The van der Waals surface area contributed by atoms with E-state index in [-0.39, 0.29) is 5.91 Å². The number of benzene rings is 1. The predicted molar refractivity (Wildman–Crippen MR) is 104 cm³/mol. The van der Waals surface area contributed by atoms with E-state index in [1.54, 1.807) is 25.3 Å². The van der Waals surface area contributed by atoms with Crippen LogP contribution in [0.4, 0.5) is 5.69 Å². The summed E-state index contributed by atoms with van der Waals surface area (Å²) in [6.45, 7) is 6.74. The summed E-state index contributed by atoms with van der Waals surface area (Å²) in [6, 6.07) is 5.01. The SMILES string of the molecule is COC(=O)c1cc(NC(=O)C2(OC)CCC(C)CC2)ccc1OCC(C)C. The lowest BCUT2D eigenvalue weighted by molar-refractivity contribution is -0.142. The van der Waals surface area contributed by atoms with Crippen molar-refractivity contribution in [3.63, 3.8) is 0 Å². The average molecular weight is 377 g/mol. The number of carbonyl (C=O) groups excluding carboxylic acids is 2. The molecule has 0 aromatic heterocycles. The maximum Gasteiger partial charge on any atom is 0.341 e. The van der Waals surface area contributed by atoms with Gasteiger partial charge in [0.15, 0.2) is 0 Å². The van der Waals surface area contributed by atoms with E-state index in [0.29, 0.717) is 48.3 Å². The summed E-state index contributed by atoms with van der Waals surface area (Å²) in [4.78, 5) is 25.0. The van der Waals surface area contributed by atoms with Gasteiger partial charge in [-0.2, -0.15) is 0 Å². The van der Waals surface area contributed by atoms with Crippen molar-refractivity contribution in [2.75, 3.05) is 26.1 Å². The predicted octanol–water partition coefficient (Wildman–Crippen LogP) is 4.04. The Labute approximate surface area is 161 Å². The molecule has 1 fully saturated rings. The van der Waals surface area contributed by atoms with E-state index in [1.807, 2.05) is 13.8 Å². The smallest absolute Gasteiger partial charge is 0.341 e. The number of nitrogens with one attached hydrogen (secondary N) is 1. The van der Waals surface area contributed by atoms with Crippen LogP contribution in [0, 0.1) is 11.8 Å². The van der Waals surface area contributed by atoms with Gasteiger partial charge in [0.1, 0.15) is 16.9 Å². The molecule has 1 saturated carbocycles. The number of rotatable bonds is 7. The zero-order chi connectivity index (χ0) is 20.0. The number of amides is 1. The number of esters is 1. The van der Waals surface area contributed by atoms with Crippen molar-refractivity contribution >= 4 is 17.6 Å². The van der Waals surface area contributed by atoms with Crippen molar-refractivity contribution in [3.05, 3.63) is 23.8 Å². The van der Waals surface area contributed by atoms with Crippen LogP contribution in [0.5, 0.6) is 5.75 Å². The number of hydrogen-bond acceptors (Lipinski definition) is 5. The van der Waals surface area contributed by atoms with E-state index in [2.05, 4.69) is 12.2 Å². The average Bonchev–Trinajstić information content (AvgIpc) is 2.67. The third-order valence-electron chi connectivity index (χ3n) is 5.10. The van der Waals surface area contributed by atoms with Crippen LogP contribution in [0.15, 0.2) is 18.2 Å². The Bertz CT molecular complexity index is 663. The Morgan fingerprint density at radius 2 is 1.89 bits per heavy atom. The van der Waals surface area contributed by atoms with Crippen molar-refractivity contribution in [3.8, 4) is 5.75 Å². The maximum atomic E-state index is 12.9. The Hall–Kier alpha value is -2.08. The highest BCUT2D eigenvalue weighted by Crippen LogP contribution is 2.35. The lowest BCUT2D eigenvalue weighted by Gasteiger charge is -2.36. The molecule has 0 aliphatic heterocycles. The van der Waals surface area contributed by atoms with Crippen LogP contribution in [0.3, 0.4) is 0 Å². The monoisotopic (exact) mass is 377 g/mol. The number of methoxy groups -OCH3 is 2. The van der Waals surface area contributed by atoms with E-state index < -0.39 is 11.6 Å². The Kier molecular flexibility index (Phi) is 7.25. The molecule has 1 aliphatic carbocycles. The van der Waals surface area contributed by atoms with Crippen LogP contribution in [-0.2, 0) is 14.3 Å². The van der Waals surface area contributed by atoms with Crippen LogP contribution in [0.1, 0.15) is 56.8 Å². The van der Waals surface area contributed by atoms with Gasteiger partial charge >= 0.3 is 5.97 Å². The molecule has 6 nitrogen and oxygen atoms in total. The topological polar surface area (TPSA) is 73.9 Å². The summed E-state index contributed by atoms with van der Waals surface area (Å²) in [5.74, 6) is 0.692. The first-order chi connectivity index (χ1) is 12.8. The Morgan fingerprint density at radius 1 is 1.22 bits per heavy atom. The fourth-order valence-corrected chi connectivity index (χ4v) is 3.26. The van der Waals surface area contributed by atoms with Crippen molar-refractivity contribution in [1.82, 2.24) is 0 Å². The largest absolute Gasteiger partial charge is 0.492 e. The quantitative estimate of drug-likeness (QED) is 0.726. The fourth-order valence-electron chi connectivity index (χ4n) is 3.26. The second-order valence-corrected chi connectivity index (χ2v) is 7.74. The lowest BCUT2D eigenvalue weighted by Crippen LogP contribution is -2.47. The first-order valence-corrected chi connectivity index (χ1v) is 9.53. The minimum atomic E-state index is -0.815. The zero-order valence-electron chi connectivity index (χ0n) is 17.0. The van der Waals surface area contributed by atoms with Gasteiger partial charge in [0.2, 0.25) is 0 Å². The normalized spacial score (nSPS) is 22.4. The molecule has 1 N–H and O–H groups in total. The third-order valence-corrected chi connectivity index (χ3v) is 5.10. The van der Waals surface area contributed by atoms with Gasteiger partial charge in [0, 0.05) is 12.8 Å². The van der Waals surface area contributed by atoms with Gasteiger partial charge in [-0.15, -0.1) is 0 Å². The molecule has 1 aromatic rings. The number of anilines is 1. The third kappa shape index (κ3) is 5.22. The second kappa shape index (κ2) is 9.22. The molecule has 0 heterocycles. The van der Waals surface area contributed by atoms with Gasteiger partial charge < -0.3 is 19.5 Å². The van der Waals surface area contributed by atoms with Crippen LogP contribution < -0.4 is 10.1 Å². The molecule has 150 valence electrons. The summed E-state index contributed by atoms with van der Waals surface area (Å²) in [5, 5.41) is 2.90. The standard InChI is InChI=1S/C21H31NO5/c1-14(2)13-27-18-7-6-16(12-17(18)19(23)25-4)22-20(24)21(26-5)10-8-15(3)9-11-21/h6-7,12,14-15H,8-11,13H2,1-5H3,(H,22,24). The summed E-state index contributed by atoms with van der Waals surface area (Å²) >= 11 is 0. The molecule has 0 bridgehead atoms. The van der Waals surface area contributed by atoms with Crippen LogP contribution in [0.2, 0.25) is 0 Å². The number of hydrogen-bond donors (Lipinski definition) is 1. The number of ether oxygens (including phenoxy) is 3. The van der Waals surface area contributed by atoms with E-state index in [1.165, 1.54) is 7.11 Å². The van der Waals surface area contributed by atoms with E-state index in [4.69, 9.17) is 14.2 Å². The van der Waals surface area contributed by atoms with Gasteiger partial charge in [0.25, 0.3) is 5.91 Å². The van der Waals surface area contributed by atoms with Gasteiger partial charge in [-0.25, -0.2) is 4.79 Å². The Balaban J connectivity index is 2.20. The van der Waals surface area contributed by atoms with E-state index in [9.17, 15) is 9.59 Å². The van der Waals surface area contributed by atoms with Crippen LogP contribution >= 0.6 is 0 Å². The molecule has 2 rings (SSSR count).